The monoisotopic (exact) mass is 338 g/mol. The molecule has 3 rings (SSSR count). The summed E-state index contributed by atoms with van der Waals surface area (Å²) in [6.45, 7) is 3.89. The Morgan fingerprint density at radius 1 is 0.917 bits per heavy atom. The van der Waals surface area contributed by atoms with Gasteiger partial charge in [-0.1, -0.05) is 36.4 Å². The summed E-state index contributed by atoms with van der Waals surface area (Å²) in [5, 5.41) is 0. The van der Waals surface area contributed by atoms with E-state index < -0.39 is 10.9 Å². The molecule has 1 aliphatic heterocycles. The summed E-state index contributed by atoms with van der Waals surface area (Å²) in [4.78, 5) is 25.3. The van der Waals surface area contributed by atoms with Gasteiger partial charge in [0.25, 0.3) is 11.8 Å². The van der Waals surface area contributed by atoms with Gasteiger partial charge in [-0.2, -0.15) is 4.36 Å². The summed E-state index contributed by atoms with van der Waals surface area (Å²) < 4.78 is 5.99. The molecule has 5 heteroatoms. The van der Waals surface area contributed by atoms with Crippen molar-refractivity contribution in [3.8, 4) is 0 Å². The van der Waals surface area contributed by atoms with Gasteiger partial charge in [0.1, 0.15) is 0 Å². The molecule has 0 aromatic heterocycles. The zero-order valence-corrected chi connectivity index (χ0v) is 14.4. The number of nitrogens with zero attached hydrogens (tertiary/aromatic N) is 2. The Morgan fingerprint density at radius 2 is 1.46 bits per heavy atom. The molecule has 0 radical (unpaired) electrons. The highest BCUT2D eigenvalue weighted by molar-refractivity contribution is 7.86. The molecule has 2 amide bonds. The topological polar surface area (TPSA) is 49.7 Å². The minimum Gasteiger partial charge on any atom is -0.268 e. The molecule has 4 nitrogen and oxygen atoms in total. The van der Waals surface area contributed by atoms with Crippen molar-refractivity contribution in [2.24, 2.45) is 4.36 Å². The molecule has 1 unspecified atom stereocenters. The number of hydrogen-bond donors (Lipinski definition) is 0. The fourth-order valence-corrected chi connectivity index (χ4v) is 4.38. The van der Waals surface area contributed by atoms with Gasteiger partial charge in [-0.25, -0.2) is 4.31 Å². The van der Waals surface area contributed by atoms with Crippen LogP contribution in [0.5, 0.6) is 0 Å². The number of hydrogen-bond acceptors (Lipinski definition) is 2. The lowest BCUT2D eigenvalue weighted by molar-refractivity contribution is 0.0897. The van der Waals surface area contributed by atoms with Gasteiger partial charge in [-0.3, -0.25) is 9.59 Å². The molecule has 1 aliphatic rings. The van der Waals surface area contributed by atoms with Crippen molar-refractivity contribution in [2.45, 2.75) is 13.8 Å². The first-order valence-electron chi connectivity index (χ1n) is 7.66. The Kier molecular flexibility index (Phi) is 4.71. The summed E-state index contributed by atoms with van der Waals surface area (Å²) in [5.41, 5.74) is 3.12. The zero-order valence-electron chi connectivity index (χ0n) is 13.6. The van der Waals surface area contributed by atoms with E-state index in [9.17, 15) is 9.59 Å². The largest absolute Gasteiger partial charge is 0.284 e. The number of allylic oxidation sites excluding steroid dienone is 1. The summed E-state index contributed by atoms with van der Waals surface area (Å²) in [5.74, 6) is 0.216. The number of amides is 2. The van der Waals surface area contributed by atoms with Crippen molar-refractivity contribution in [1.82, 2.24) is 4.31 Å². The van der Waals surface area contributed by atoms with E-state index in [1.54, 1.807) is 28.6 Å². The van der Waals surface area contributed by atoms with Crippen LogP contribution in [0.4, 0.5) is 0 Å². The van der Waals surface area contributed by atoms with Crippen LogP contribution in [0.25, 0.3) is 0 Å². The predicted molar refractivity (Wildman–Crippen MR) is 96.4 cm³/mol. The second-order valence-corrected chi connectivity index (χ2v) is 7.09. The summed E-state index contributed by atoms with van der Waals surface area (Å²) in [6.07, 6.45) is 0. The number of carbonyl (C=O) groups excluding carboxylic acids is 2. The first-order valence-corrected chi connectivity index (χ1v) is 8.97. The van der Waals surface area contributed by atoms with Gasteiger partial charge in [0.15, 0.2) is 0 Å². The third-order valence-corrected chi connectivity index (χ3v) is 5.82. The third kappa shape index (κ3) is 3.21. The van der Waals surface area contributed by atoms with Crippen molar-refractivity contribution in [3.05, 3.63) is 83.1 Å². The van der Waals surface area contributed by atoms with Crippen LogP contribution >= 0.6 is 0 Å². The van der Waals surface area contributed by atoms with Crippen LogP contribution in [-0.2, 0) is 10.9 Å². The Labute approximate surface area is 144 Å². The van der Waals surface area contributed by atoms with Crippen LogP contribution in [0.2, 0.25) is 0 Å². The molecule has 0 bridgehead atoms. The molecule has 0 saturated carbocycles. The maximum absolute atomic E-state index is 12.9. The summed E-state index contributed by atoms with van der Waals surface area (Å²) in [7, 11) is -0.801. The fourth-order valence-electron chi connectivity index (χ4n) is 2.44. The maximum atomic E-state index is 12.9. The molecule has 122 valence electrons. The SMILES string of the molecule is CC1=C(C)N(C(=O)c2ccccc2)S(=NC(=O)c2ccccc2)C1. The summed E-state index contributed by atoms with van der Waals surface area (Å²) in [6, 6.07) is 18.0. The fraction of sp³-hybridized carbons (Fsp3) is 0.158. The first-order chi connectivity index (χ1) is 11.6. The average Bonchev–Trinajstić information content (AvgIpc) is 2.89. The molecule has 2 aromatic carbocycles. The number of benzene rings is 2. The van der Waals surface area contributed by atoms with Crippen LogP contribution in [-0.4, -0.2) is 21.9 Å². The summed E-state index contributed by atoms with van der Waals surface area (Å²) >= 11 is 0. The minimum atomic E-state index is -0.801. The Bertz CT molecular complexity index is 842. The van der Waals surface area contributed by atoms with Gasteiger partial charge in [0, 0.05) is 33.5 Å². The van der Waals surface area contributed by atoms with Crippen LogP contribution in [0.3, 0.4) is 0 Å². The lowest BCUT2D eigenvalue weighted by atomic mass is 10.2. The van der Waals surface area contributed by atoms with Gasteiger partial charge < -0.3 is 0 Å². The van der Waals surface area contributed by atoms with Crippen molar-refractivity contribution in [3.63, 3.8) is 0 Å². The smallest absolute Gasteiger partial charge is 0.268 e. The number of rotatable bonds is 2. The van der Waals surface area contributed by atoms with Gasteiger partial charge in [-0.15, -0.1) is 0 Å². The molecule has 0 fully saturated rings. The highest BCUT2D eigenvalue weighted by Crippen LogP contribution is 2.26. The molecule has 0 spiro atoms. The molecule has 2 aromatic rings. The standard InChI is InChI=1S/C19H18N2O2S/c1-14-13-24(20-18(22)16-9-5-3-6-10-16)21(15(14)2)19(23)17-11-7-4-8-12-17/h3-12H,13H2,1-2H3. The van der Waals surface area contributed by atoms with E-state index in [1.165, 1.54) is 0 Å². The maximum Gasteiger partial charge on any atom is 0.284 e. The van der Waals surface area contributed by atoms with Crippen LogP contribution in [0, 0.1) is 0 Å². The average molecular weight is 338 g/mol. The van der Waals surface area contributed by atoms with E-state index in [0.29, 0.717) is 16.9 Å². The Balaban J connectivity index is 1.94. The van der Waals surface area contributed by atoms with E-state index >= 15 is 0 Å². The molecule has 1 heterocycles. The van der Waals surface area contributed by atoms with Gasteiger partial charge >= 0.3 is 0 Å². The van der Waals surface area contributed by atoms with E-state index in [4.69, 9.17) is 0 Å². The van der Waals surface area contributed by atoms with Gasteiger partial charge in [0.05, 0.1) is 0 Å². The van der Waals surface area contributed by atoms with Gasteiger partial charge in [-0.05, 0) is 43.7 Å². The first kappa shape index (κ1) is 16.3. The second kappa shape index (κ2) is 6.93. The second-order valence-electron chi connectivity index (χ2n) is 5.58. The molecule has 0 N–H and O–H groups in total. The van der Waals surface area contributed by atoms with E-state index in [-0.39, 0.29) is 11.8 Å². The van der Waals surface area contributed by atoms with Crippen molar-refractivity contribution in [2.75, 3.05) is 5.75 Å². The lowest BCUT2D eigenvalue weighted by Gasteiger charge is -2.19. The van der Waals surface area contributed by atoms with E-state index in [0.717, 1.165) is 11.3 Å². The van der Waals surface area contributed by atoms with Gasteiger partial charge in [0.2, 0.25) is 0 Å². The lowest BCUT2D eigenvalue weighted by Crippen LogP contribution is -2.28. The third-order valence-electron chi connectivity index (χ3n) is 3.89. The normalized spacial score (nSPS) is 17.4. The molecule has 0 saturated heterocycles. The van der Waals surface area contributed by atoms with Crippen LogP contribution in [0.1, 0.15) is 34.6 Å². The highest BCUT2D eigenvalue weighted by atomic mass is 32.2. The van der Waals surface area contributed by atoms with Crippen molar-refractivity contribution in [1.29, 1.82) is 0 Å². The molecule has 0 aliphatic carbocycles. The van der Waals surface area contributed by atoms with E-state index in [1.807, 2.05) is 50.2 Å². The predicted octanol–water partition coefficient (Wildman–Crippen LogP) is 3.99. The molecular formula is C19H18N2O2S. The number of carbonyl (C=O) groups is 2. The van der Waals surface area contributed by atoms with Crippen molar-refractivity contribution >= 4 is 22.7 Å². The minimum absolute atomic E-state index is 0.113. The molecule has 1 atom stereocenters. The van der Waals surface area contributed by atoms with Crippen LogP contribution in [0.15, 0.2) is 76.3 Å². The van der Waals surface area contributed by atoms with Crippen molar-refractivity contribution < 1.29 is 9.59 Å². The zero-order chi connectivity index (χ0) is 17.1. The highest BCUT2D eigenvalue weighted by Gasteiger charge is 2.29. The molecular weight excluding hydrogens is 320 g/mol. The van der Waals surface area contributed by atoms with Crippen LogP contribution < -0.4 is 0 Å². The quantitative estimate of drug-likeness (QED) is 0.831. The molecule has 24 heavy (non-hydrogen) atoms. The van der Waals surface area contributed by atoms with E-state index in [2.05, 4.69) is 4.36 Å². The Hall–Kier alpha value is -2.53. The Morgan fingerprint density at radius 3 is 2.04 bits per heavy atom.